The van der Waals surface area contributed by atoms with Crippen molar-refractivity contribution in [3.63, 3.8) is 0 Å². The molecule has 0 aliphatic carbocycles. The van der Waals surface area contributed by atoms with Gasteiger partial charge in [0, 0.05) is 19.8 Å². The third kappa shape index (κ3) is 9.53. The highest BCUT2D eigenvalue weighted by molar-refractivity contribution is 14.1. The van der Waals surface area contributed by atoms with Crippen molar-refractivity contribution in [2.75, 3.05) is 19.8 Å². The van der Waals surface area contributed by atoms with Gasteiger partial charge >= 0.3 is 8.80 Å². The van der Waals surface area contributed by atoms with Crippen LogP contribution >= 0.6 is 22.6 Å². The molecule has 0 N–H and O–H groups in total. The molecular weight excluding hydrogens is 395 g/mol. The summed E-state index contributed by atoms with van der Waals surface area (Å²) in [6.07, 6.45) is 9.33. The lowest BCUT2D eigenvalue weighted by Crippen LogP contribution is -2.54. The highest BCUT2D eigenvalue weighted by Gasteiger charge is 2.48. The number of rotatable bonds is 15. The first-order valence-corrected chi connectivity index (χ1v) is 11.8. The molecule has 0 saturated carbocycles. The summed E-state index contributed by atoms with van der Waals surface area (Å²) in [5, 5.41) is 0. The second kappa shape index (κ2) is 14.4. The standard InChI is InChI=1S/C16H35IO3Si/c1-5-9-10-11-12-16(17)21(18-13-6-2,19-14-7-3)20-15-8-4/h16H,5-15H2,1-4H3. The maximum absolute atomic E-state index is 6.19. The second-order valence-electron chi connectivity index (χ2n) is 5.47. The Balaban J connectivity index is 4.65. The van der Waals surface area contributed by atoms with Crippen LogP contribution in [-0.4, -0.2) is 32.2 Å². The third-order valence-electron chi connectivity index (χ3n) is 3.22. The van der Waals surface area contributed by atoms with E-state index in [-0.39, 0.29) is 0 Å². The Morgan fingerprint density at radius 1 is 0.714 bits per heavy atom. The van der Waals surface area contributed by atoms with Gasteiger partial charge in [-0.05, 0) is 25.7 Å². The van der Waals surface area contributed by atoms with Crippen LogP contribution in [0.5, 0.6) is 0 Å². The third-order valence-corrected chi connectivity index (χ3v) is 9.00. The van der Waals surface area contributed by atoms with Crippen molar-refractivity contribution in [3.05, 3.63) is 0 Å². The van der Waals surface area contributed by atoms with Crippen LogP contribution in [0.4, 0.5) is 0 Å². The molecule has 0 amide bonds. The lowest BCUT2D eigenvalue weighted by Gasteiger charge is -2.33. The Bertz CT molecular complexity index is 208. The molecule has 0 aromatic carbocycles. The molecular formula is C16H35IO3Si. The van der Waals surface area contributed by atoms with E-state index >= 15 is 0 Å². The van der Waals surface area contributed by atoms with Crippen LogP contribution in [0.2, 0.25) is 0 Å². The van der Waals surface area contributed by atoms with Crippen molar-refractivity contribution in [1.82, 2.24) is 0 Å². The molecule has 0 aliphatic rings. The summed E-state index contributed by atoms with van der Waals surface area (Å²) >= 11 is 2.51. The molecule has 21 heavy (non-hydrogen) atoms. The Morgan fingerprint density at radius 2 is 1.19 bits per heavy atom. The van der Waals surface area contributed by atoms with Gasteiger partial charge in [-0.3, -0.25) is 0 Å². The van der Waals surface area contributed by atoms with E-state index in [1.807, 2.05) is 0 Å². The fraction of sp³-hybridized carbons (Fsp3) is 1.00. The summed E-state index contributed by atoms with van der Waals surface area (Å²) in [6, 6.07) is 0. The van der Waals surface area contributed by atoms with Gasteiger partial charge in [-0.15, -0.1) is 0 Å². The molecule has 0 aromatic rings. The van der Waals surface area contributed by atoms with Gasteiger partial charge in [0.15, 0.2) is 0 Å². The van der Waals surface area contributed by atoms with Gasteiger partial charge in [-0.2, -0.15) is 0 Å². The smallest absolute Gasteiger partial charge is 0.373 e. The maximum Gasteiger partial charge on any atom is 0.514 e. The quantitative estimate of drug-likeness (QED) is 0.148. The van der Waals surface area contributed by atoms with Crippen LogP contribution in [0, 0.1) is 0 Å². The maximum atomic E-state index is 6.19. The Hall–Kier alpha value is 0.827. The van der Waals surface area contributed by atoms with Crippen LogP contribution in [0.1, 0.15) is 79.1 Å². The van der Waals surface area contributed by atoms with Crippen molar-refractivity contribution in [2.45, 2.75) is 82.6 Å². The van der Waals surface area contributed by atoms with Gasteiger partial charge in [0.05, 0.1) is 3.55 Å². The zero-order chi connectivity index (χ0) is 16.0. The van der Waals surface area contributed by atoms with Gasteiger partial charge in [0.25, 0.3) is 0 Å². The largest absolute Gasteiger partial charge is 0.514 e. The molecule has 0 radical (unpaired) electrons. The molecule has 1 unspecified atom stereocenters. The minimum absolute atomic E-state index is 0.372. The Kier molecular flexibility index (Phi) is 15.0. The first kappa shape index (κ1) is 21.8. The zero-order valence-electron chi connectivity index (χ0n) is 14.5. The summed E-state index contributed by atoms with van der Waals surface area (Å²) in [7, 11) is -2.54. The summed E-state index contributed by atoms with van der Waals surface area (Å²) in [5.41, 5.74) is 0. The summed E-state index contributed by atoms with van der Waals surface area (Å²) in [4.78, 5) is 0. The average molecular weight is 430 g/mol. The summed E-state index contributed by atoms with van der Waals surface area (Å²) in [6.45, 7) is 10.9. The number of halogens is 1. The van der Waals surface area contributed by atoms with Gasteiger partial charge < -0.3 is 13.3 Å². The van der Waals surface area contributed by atoms with E-state index in [1.165, 1.54) is 25.7 Å². The Labute approximate surface area is 147 Å². The van der Waals surface area contributed by atoms with Crippen molar-refractivity contribution in [1.29, 1.82) is 0 Å². The zero-order valence-corrected chi connectivity index (χ0v) is 17.6. The average Bonchev–Trinajstić information content (AvgIpc) is 2.51. The van der Waals surface area contributed by atoms with E-state index in [9.17, 15) is 0 Å². The molecule has 5 heteroatoms. The topological polar surface area (TPSA) is 27.7 Å². The summed E-state index contributed by atoms with van der Waals surface area (Å²) < 4.78 is 18.9. The monoisotopic (exact) mass is 430 g/mol. The summed E-state index contributed by atoms with van der Waals surface area (Å²) in [5.74, 6) is 0. The first-order chi connectivity index (χ1) is 10.2. The van der Waals surface area contributed by atoms with Gasteiger partial charge in [0.2, 0.25) is 0 Å². The fourth-order valence-corrected chi connectivity index (χ4v) is 6.93. The predicted octanol–water partition coefficient (Wildman–Crippen LogP) is 5.52. The molecule has 3 nitrogen and oxygen atoms in total. The lowest BCUT2D eigenvalue weighted by atomic mass is 10.2. The molecule has 0 bridgehead atoms. The minimum Gasteiger partial charge on any atom is -0.373 e. The van der Waals surface area contributed by atoms with Crippen molar-refractivity contribution >= 4 is 31.4 Å². The van der Waals surface area contributed by atoms with E-state index < -0.39 is 8.80 Å². The van der Waals surface area contributed by atoms with Crippen LogP contribution in [0.15, 0.2) is 0 Å². The highest BCUT2D eigenvalue weighted by Crippen LogP contribution is 2.27. The van der Waals surface area contributed by atoms with Crippen LogP contribution < -0.4 is 0 Å². The normalized spacial score (nSPS) is 13.6. The van der Waals surface area contributed by atoms with Gasteiger partial charge in [0.1, 0.15) is 0 Å². The Morgan fingerprint density at radius 3 is 1.57 bits per heavy atom. The van der Waals surface area contributed by atoms with Crippen LogP contribution in [0.3, 0.4) is 0 Å². The van der Waals surface area contributed by atoms with Crippen molar-refractivity contribution in [2.24, 2.45) is 0 Å². The number of alkyl halides is 1. The van der Waals surface area contributed by atoms with Gasteiger partial charge in [-0.25, -0.2) is 0 Å². The SMILES string of the molecule is CCCCCCC(I)[Si](OCCC)(OCCC)OCCC. The van der Waals surface area contributed by atoms with Crippen molar-refractivity contribution in [3.8, 4) is 0 Å². The van der Waals surface area contributed by atoms with E-state index in [0.717, 1.165) is 45.5 Å². The van der Waals surface area contributed by atoms with E-state index in [4.69, 9.17) is 13.3 Å². The number of unbranched alkanes of at least 4 members (excludes halogenated alkanes) is 3. The second-order valence-corrected chi connectivity index (χ2v) is 10.9. The molecule has 0 heterocycles. The molecule has 128 valence electrons. The first-order valence-electron chi connectivity index (χ1n) is 8.72. The minimum atomic E-state index is -2.54. The molecule has 0 rings (SSSR count). The molecule has 0 aliphatic heterocycles. The van der Waals surface area contributed by atoms with E-state index in [1.54, 1.807) is 0 Å². The van der Waals surface area contributed by atoms with Crippen molar-refractivity contribution < 1.29 is 13.3 Å². The highest BCUT2D eigenvalue weighted by atomic mass is 127. The number of hydrogen-bond donors (Lipinski definition) is 0. The molecule has 0 fully saturated rings. The lowest BCUT2D eigenvalue weighted by molar-refractivity contribution is 0.0580. The van der Waals surface area contributed by atoms with Gasteiger partial charge in [-0.1, -0.05) is 76.0 Å². The molecule has 0 spiro atoms. The van der Waals surface area contributed by atoms with Crippen LogP contribution in [-0.2, 0) is 13.3 Å². The molecule has 1 atom stereocenters. The fourth-order valence-electron chi connectivity index (χ4n) is 2.06. The van der Waals surface area contributed by atoms with Crippen LogP contribution in [0.25, 0.3) is 0 Å². The van der Waals surface area contributed by atoms with E-state index in [2.05, 4.69) is 50.3 Å². The van der Waals surface area contributed by atoms with E-state index in [0.29, 0.717) is 3.55 Å². The molecule has 0 saturated heterocycles. The predicted molar refractivity (Wildman–Crippen MR) is 101 cm³/mol. The molecule has 0 aromatic heterocycles. The number of hydrogen-bond acceptors (Lipinski definition) is 3.